The van der Waals surface area contributed by atoms with Gasteiger partial charge in [0, 0.05) is 30.9 Å². The smallest absolute Gasteiger partial charge is 0.423 e. The Morgan fingerprint density at radius 1 is 0.860 bits per heavy atom. The number of nitrogens with zero attached hydrogens (tertiary/aromatic N) is 2. The molecule has 2 atom stereocenters. The van der Waals surface area contributed by atoms with Crippen molar-refractivity contribution in [2.75, 3.05) is 13.7 Å². The van der Waals surface area contributed by atoms with Crippen LogP contribution in [-0.4, -0.2) is 55.2 Å². The third-order valence-corrected chi connectivity index (χ3v) is 14.5. The SMILES string of the molecule is COC(C)c1ncccc1-c1c(CC(C)(C)CO[Si](c2ccccc2)(c2ccccc2)C(C)(C)C)c2cc(B(O)O)ccc2n1C(F)C(F)F. The lowest BCUT2D eigenvalue weighted by atomic mass is 9.78. The summed E-state index contributed by atoms with van der Waals surface area (Å²) in [6.45, 7) is 12.8. The number of ether oxygens (including phenoxy) is 1. The second kappa shape index (κ2) is 14.9. The maximum absolute atomic E-state index is 15.9. The molecule has 2 N–H and O–H groups in total. The minimum atomic E-state index is -3.33. The number of hydrogen-bond donors (Lipinski definition) is 2. The molecule has 0 saturated carbocycles. The maximum atomic E-state index is 15.9. The molecule has 0 aliphatic rings. The van der Waals surface area contributed by atoms with Gasteiger partial charge in [-0.3, -0.25) is 4.98 Å². The van der Waals surface area contributed by atoms with E-state index < -0.39 is 39.7 Å². The van der Waals surface area contributed by atoms with Gasteiger partial charge in [-0.25, -0.2) is 13.2 Å². The fraction of sp³-hybridized carbons (Fsp3) is 0.359. The molecular formula is C39H46BF3N2O4Si. The molecule has 264 valence electrons. The van der Waals surface area contributed by atoms with E-state index in [2.05, 4.69) is 50.0 Å². The second-order valence-electron chi connectivity index (χ2n) is 14.7. The van der Waals surface area contributed by atoms with Gasteiger partial charge in [0.05, 0.1) is 23.0 Å². The minimum absolute atomic E-state index is 0.160. The quantitative estimate of drug-likeness (QED) is 0.130. The minimum Gasteiger partial charge on any atom is -0.423 e. The fourth-order valence-corrected chi connectivity index (χ4v) is 11.8. The third-order valence-electron chi connectivity index (χ3n) is 9.47. The van der Waals surface area contributed by atoms with Crippen molar-refractivity contribution >= 4 is 42.2 Å². The van der Waals surface area contributed by atoms with E-state index in [4.69, 9.17) is 9.16 Å². The van der Waals surface area contributed by atoms with Gasteiger partial charge in [0.2, 0.25) is 6.30 Å². The van der Waals surface area contributed by atoms with Gasteiger partial charge in [0.1, 0.15) is 0 Å². The Morgan fingerprint density at radius 2 is 1.46 bits per heavy atom. The average molecular weight is 703 g/mol. The van der Waals surface area contributed by atoms with E-state index in [1.54, 1.807) is 31.3 Å². The summed E-state index contributed by atoms with van der Waals surface area (Å²) in [5.41, 5.74) is 1.46. The third kappa shape index (κ3) is 7.20. The second-order valence-corrected chi connectivity index (χ2v) is 19.0. The summed E-state index contributed by atoms with van der Waals surface area (Å²) in [5, 5.41) is 22.7. The molecule has 2 unspecified atom stereocenters. The molecule has 0 fully saturated rings. The predicted molar refractivity (Wildman–Crippen MR) is 198 cm³/mol. The Balaban J connectivity index is 1.72. The van der Waals surface area contributed by atoms with Crippen LogP contribution in [0.25, 0.3) is 22.2 Å². The van der Waals surface area contributed by atoms with E-state index in [0.717, 1.165) is 14.9 Å². The van der Waals surface area contributed by atoms with Crippen LogP contribution < -0.4 is 15.8 Å². The molecule has 0 saturated heterocycles. The van der Waals surface area contributed by atoms with E-state index in [1.165, 1.54) is 19.2 Å². The zero-order valence-electron chi connectivity index (χ0n) is 29.7. The molecule has 0 amide bonds. The highest BCUT2D eigenvalue weighted by Crippen LogP contribution is 2.44. The van der Waals surface area contributed by atoms with Crippen molar-refractivity contribution in [3.8, 4) is 11.3 Å². The molecule has 50 heavy (non-hydrogen) atoms. The summed E-state index contributed by atoms with van der Waals surface area (Å²) in [6, 6.07) is 28.4. The topological polar surface area (TPSA) is 76.7 Å². The van der Waals surface area contributed by atoms with Crippen LogP contribution in [0.5, 0.6) is 0 Å². The van der Waals surface area contributed by atoms with Crippen molar-refractivity contribution in [1.29, 1.82) is 0 Å². The first-order valence-electron chi connectivity index (χ1n) is 16.8. The number of fused-ring (bicyclic) bond motifs is 1. The number of hydrogen-bond acceptors (Lipinski definition) is 5. The van der Waals surface area contributed by atoms with E-state index in [-0.39, 0.29) is 34.7 Å². The Kier molecular flexibility index (Phi) is 11.1. The molecule has 0 aliphatic heterocycles. The van der Waals surface area contributed by atoms with Gasteiger partial charge < -0.3 is 23.8 Å². The van der Waals surface area contributed by atoms with Crippen LogP contribution in [0.15, 0.2) is 97.2 Å². The number of benzene rings is 3. The molecule has 0 spiro atoms. The van der Waals surface area contributed by atoms with Crippen LogP contribution in [0, 0.1) is 5.41 Å². The zero-order chi connectivity index (χ0) is 36.4. The van der Waals surface area contributed by atoms with E-state index in [0.29, 0.717) is 22.2 Å². The first-order chi connectivity index (χ1) is 23.6. The molecule has 2 heterocycles. The summed E-state index contributed by atoms with van der Waals surface area (Å²) in [5.74, 6) is 0. The monoisotopic (exact) mass is 702 g/mol. The number of aromatic nitrogens is 2. The number of rotatable bonds is 13. The van der Waals surface area contributed by atoms with Crippen molar-refractivity contribution in [3.63, 3.8) is 0 Å². The Morgan fingerprint density at radius 3 is 1.98 bits per heavy atom. The molecule has 3 aromatic carbocycles. The highest BCUT2D eigenvalue weighted by Gasteiger charge is 2.51. The molecule has 0 radical (unpaired) electrons. The number of alkyl halides is 3. The van der Waals surface area contributed by atoms with Crippen LogP contribution in [0.2, 0.25) is 5.04 Å². The summed E-state index contributed by atoms with van der Waals surface area (Å²) >= 11 is 0. The van der Waals surface area contributed by atoms with Gasteiger partial charge in [-0.1, -0.05) is 107 Å². The fourth-order valence-electron chi connectivity index (χ4n) is 7.05. The first kappa shape index (κ1) is 37.5. The lowest BCUT2D eigenvalue weighted by Crippen LogP contribution is -2.67. The molecule has 0 bridgehead atoms. The van der Waals surface area contributed by atoms with Crippen molar-refractivity contribution in [2.24, 2.45) is 5.41 Å². The van der Waals surface area contributed by atoms with Crippen molar-refractivity contribution < 1.29 is 32.4 Å². The first-order valence-corrected chi connectivity index (χ1v) is 18.7. The maximum Gasteiger partial charge on any atom is 0.488 e. The van der Waals surface area contributed by atoms with Gasteiger partial charge in [-0.05, 0) is 63.4 Å². The van der Waals surface area contributed by atoms with Crippen LogP contribution >= 0.6 is 0 Å². The zero-order valence-corrected chi connectivity index (χ0v) is 30.7. The largest absolute Gasteiger partial charge is 0.488 e. The van der Waals surface area contributed by atoms with Crippen molar-refractivity contribution in [3.05, 3.63) is 108 Å². The van der Waals surface area contributed by atoms with Crippen molar-refractivity contribution in [1.82, 2.24) is 9.55 Å². The summed E-state index contributed by atoms with van der Waals surface area (Å²) in [6.07, 6.45) is -4.68. The van der Waals surface area contributed by atoms with Crippen LogP contribution in [0.1, 0.15) is 65.2 Å². The lowest BCUT2D eigenvalue weighted by molar-refractivity contribution is 0.0114. The van der Waals surface area contributed by atoms with Gasteiger partial charge in [0.25, 0.3) is 14.7 Å². The van der Waals surface area contributed by atoms with Crippen LogP contribution in [0.3, 0.4) is 0 Å². The molecule has 11 heteroatoms. The Bertz CT molecular complexity index is 1860. The molecular weight excluding hydrogens is 656 g/mol. The van der Waals surface area contributed by atoms with Gasteiger partial charge in [0.15, 0.2) is 0 Å². The highest BCUT2D eigenvalue weighted by atomic mass is 28.4. The van der Waals surface area contributed by atoms with Crippen LogP contribution in [-0.2, 0) is 15.6 Å². The van der Waals surface area contributed by atoms with E-state index >= 15 is 4.39 Å². The summed E-state index contributed by atoms with van der Waals surface area (Å²) < 4.78 is 58.6. The Hall–Kier alpha value is -3.74. The number of methoxy groups -OCH3 is 1. The molecule has 6 nitrogen and oxygen atoms in total. The number of halogens is 3. The van der Waals surface area contributed by atoms with E-state index in [1.807, 2.05) is 50.2 Å². The molecule has 2 aromatic heterocycles. The highest BCUT2D eigenvalue weighted by molar-refractivity contribution is 6.99. The van der Waals surface area contributed by atoms with Crippen LogP contribution in [0.4, 0.5) is 13.2 Å². The summed E-state index contributed by atoms with van der Waals surface area (Å²) in [7, 11) is -3.24. The van der Waals surface area contributed by atoms with Crippen molar-refractivity contribution in [2.45, 2.75) is 71.8 Å². The standard InChI is InChI=1S/C39H46BF3N2O4Si/c1-26(48-7)34-30(19-14-22-44-34)35-32(31-23-27(40(46)47)20-21-33(31)45(35)37(43)36(41)42)24-39(5,6)25-49-50(38(2,3)4,28-15-10-8-11-16-28)29-17-12-9-13-18-29/h8-23,26,36-37,46-47H,24-25H2,1-7H3. The summed E-state index contributed by atoms with van der Waals surface area (Å²) in [4.78, 5) is 4.54. The number of pyridine rings is 1. The molecule has 5 rings (SSSR count). The predicted octanol–water partition coefficient (Wildman–Crippen LogP) is 6.97. The molecule has 5 aromatic rings. The van der Waals surface area contributed by atoms with E-state index in [9.17, 15) is 18.8 Å². The van der Waals surface area contributed by atoms with Gasteiger partial charge in [-0.2, -0.15) is 0 Å². The normalized spacial score (nSPS) is 13.9. The average Bonchev–Trinajstić information content (AvgIpc) is 3.40. The molecule has 0 aliphatic carbocycles. The van der Waals surface area contributed by atoms with Gasteiger partial charge >= 0.3 is 7.12 Å². The van der Waals surface area contributed by atoms with Gasteiger partial charge in [-0.15, -0.1) is 0 Å². The lowest BCUT2D eigenvalue weighted by Gasteiger charge is -2.44. The Labute approximate surface area is 294 Å².